The molecule has 0 aromatic heterocycles. The highest BCUT2D eigenvalue weighted by Gasteiger charge is 2.45. The molecule has 1 aliphatic rings. The number of hydrogen-bond acceptors (Lipinski definition) is 10. The molecular formula is C24H38N4O4S3. The molecule has 4 atom stereocenters. The fourth-order valence-corrected chi connectivity index (χ4v) is 4.83. The second-order valence-electron chi connectivity index (χ2n) is 9.21. The molecule has 4 N–H and O–H groups in total. The van der Waals surface area contributed by atoms with Gasteiger partial charge >= 0.3 is 5.97 Å². The van der Waals surface area contributed by atoms with Gasteiger partial charge in [0, 0.05) is 29.6 Å². The summed E-state index contributed by atoms with van der Waals surface area (Å²) in [5.74, 6) is -0.611. The molecule has 1 unspecified atom stereocenters. The Morgan fingerprint density at radius 3 is 2.54 bits per heavy atom. The van der Waals surface area contributed by atoms with Crippen molar-refractivity contribution in [2.75, 3.05) is 31.4 Å². The van der Waals surface area contributed by atoms with Gasteiger partial charge in [0.25, 0.3) is 0 Å². The van der Waals surface area contributed by atoms with E-state index in [1.54, 1.807) is 13.8 Å². The summed E-state index contributed by atoms with van der Waals surface area (Å²) in [5.41, 5.74) is 8.17. The summed E-state index contributed by atoms with van der Waals surface area (Å²) >= 11 is 10.4. The molecule has 0 aliphatic carbocycles. The third-order valence-electron chi connectivity index (χ3n) is 6.01. The lowest BCUT2D eigenvalue weighted by molar-refractivity contribution is -0.162. The van der Waals surface area contributed by atoms with Gasteiger partial charge in [0.15, 0.2) is 0 Å². The van der Waals surface area contributed by atoms with Gasteiger partial charge in [0.2, 0.25) is 11.8 Å². The molecule has 0 bridgehead atoms. The molecule has 1 aromatic carbocycles. The second kappa shape index (κ2) is 13.9. The number of nitrogens with zero attached hydrogens (tertiary/aromatic N) is 1. The van der Waals surface area contributed by atoms with Gasteiger partial charge in [-0.25, -0.2) is 4.79 Å². The summed E-state index contributed by atoms with van der Waals surface area (Å²) < 4.78 is 4.18. The van der Waals surface area contributed by atoms with Crippen LogP contribution in [0.2, 0.25) is 0 Å². The third-order valence-corrected chi connectivity index (χ3v) is 7.38. The number of nitrogens with one attached hydrogen (secondary N) is 2. The number of ether oxygens (including phenoxy) is 1. The summed E-state index contributed by atoms with van der Waals surface area (Å²) in [4.78, 5) is 41.9. The topological polar surface area (TPSA) is 114 Å². The van der Waals surface area contributed by atoms with Gasteiger partial charge in [0.1, 0.15) is 12.1 Å². The van der Waals surface area contributed by atoms with E-state index in [4.69, 9.17) is 10.5 Å². The summed E-state index contributed by atoms with van der Waals surface area (Å²) in [6.45, 7) is 4.36. The summed E-state index contributed by atoms with van der Waals surface area (Å²) in [5, 5.41) is 6.41. The maximum atomic E-state index is 14.0. The predicted octanol–water partition coefficient (Wildman–Crippen LogP) is 1.27. The highest BCUT2D eigenvalue weighted by Crippen LogP contribution is 2.25. The van der Waals surface area contributed by atoms with Crippen LogP contribution in [0.5, 0.6) is 0 Å². The molecule has 0 saturated carbocycles. The Kier molecular flexibility index (Phi) is 11.9. The smallest absolute Gasteiger partial charge is 0.329 e. The molecule has 1 heterocycles. The average molecular weight is 543 g/mol. The first-order valence-electron chi connectivity index (χ1n) is 11.6. The molecule has 196 valence electrons. The molecule has 35 heavy (non-hydrogen) atoms. The Bertz CT molecular complexity index is 881. The van der Waals surface area contributed by atoms with Crippen LogP contribution in [0.15, 0.2) is 24.3 Å². The number of thioether (sulfide) groups is 1. The van der Waals surface area contributed by atoms with E-state index < -0.39 is 40.7 Å². The number of rotatable bonds is 12. The number of fused-ring (bicyclic) bond motifs is 1. The van der Waals surface area contributed by atoms with Crippen LogP contribution in [-0.2, 0) is 32.1 Å². The Morgan fingerprint density at radius 2 is 1.97 bits per heavy atom. The number of thiol groups is 2. The molecule has 2 rings (SSSR count). The number of amides is 2. The van der Waals surface area contributed by atoms with E-state index in [2.05, 4.69) is 35.9 Å². The lowest BCUT2D eigenvalue weighted by Crippen LogP contribution is -2.64. The van der Waals surface area contributed by atoms with E-state index in [1.165, 1.54) is 18.9 Å². The quantitative estimate of drug-likeness (QED) is 0.198. The zero-order valence-corrected chi connectivity index (χ0v) is 23.4. The molecule has 1 aliphatic heterocycles. The van der Waals surface area contributed by atoms with Crippen molar-refractivity contribution in [2.24, 2.45) is 5.73 Å². The minimum absolute atomic E-state index is 0.282. The van der Waals surface area contributed by atoms with Crippen molar-refractivity contribution in [3.8, 4) is 0 Å². The number of methoxy groups -OCH3 is 1. The molecule has 0 fully saturated rings. The highest BCUT2D eigenvalue weighted by molar-refractivity contribution is 7.98. The van der Waals surface area contributed by atoms with Crippen LogP contribution in [0.1, 0.15) is 31.4 Å². The van der Waals surface area contributed by atoms with E-state index in [1.807, 2.05) is 30.5 Å². The van der Waals surface area contributed by atoms with Gasteiger partial charge in [0.05, 0.1) is 13.2 Å². The van der Waals surface area contributed by atoms with Gasteiger partial charge in [-0.15, -0.1) is 0 Å². The molecule has 0 spiro atoms. The Hall–Kier alpha value is -1.24. The summed E-state index contributed by atoms with van der Waals surface area (Å²) in [6, 6.07) is 5.00. The Balaban J connectivity index is 2.45. The van der Waals surface area contributed by atoms with E-state index in [0.717, 1.165) is 16.0 Å². The maximum Gasteiger partial charge on any atom is 0.329 e. The number of benzene rings is 1. The van der Waals surface area contributed by atoms with E-state index in [0.29, 0.717) is 31.0 Å². The van der Waals surface area contributed by atoms with Gasteiger partial charge in [-0.2, -0.15) is 37.0 Å². The standard InChI is InChI=1S/C24H38N4O4S3/c1-24(2,34)20(27-13-17(25)14-33)22(30)28(19(9-10-35-4)23(31)32-3)21(29)18-11-15-7-5-6-8-16(15)12-26-18/h5-8,17-20,26-27,33-34H,9-14,25H2,1-4H3/t17-,18+,19?,20-/m1/s1. The van der Waals surface area contributed by atoms with E-state index >= 15 is 0 Å². The SMILES string of the molecule is COC(=O)C(CCSC)N(C(=O)[C@@H]1Cc2ccccc2CN1)C(=O)[C@@H](NC[C@@H](N)CS)C(C)(C)S. The molecular weight excluding hydrogens is 504 g/mol. The number of carbonyl (C=O) groups is 3. The molecule has 0 radical (unpaired) electrons. The highest BCUT2D eigenvalue weighted by atomic mass is 32.2. The zero-order chi connectivity index (χ0) is 26.2. The van der Waals surface area contributed by atoms with Crippen molar-refractivity contribution < 1.29 is 19.1 Å². The number of imide groups is 1. The fourth-order valence-electron chi connectivity index (χ4n) is 4.04. The molecule has 1 aromatic rings. The average Bonchev–Trinajstić information content (AvgIpc) is 2.84. The normalized spacial score (nSPS) is 18.2. The maximum absolute atomic E-state index is 14.0. The second-order valence-corrected chi connectivity index (χ2v) is 11.7. The minimum Gasteiger partial charge on any atom is -0.467 e. The van der Waals surface area contributed by atoms with Gasteiger partial charge in [-0.3, -0.25) is 14.5 Å². The number of hydrogen-bond donors (Lipinski definition) is 5. The lowest BCUT2D eigenvalue weighted by atomic mass is 9.93. The van der Waals surface area contributed by atoms with Crippen LogP contribution < -0.4 is 16.4 Å². The number of nitrogens with two attached hydrogens (primary N) is 1. The van der Waals surface area contributed by atoms with Crippen molar-refractivity contribution in [1.82, 2.24) is 15.5 Å². The van der Waals surface area contributed by atoms with E-state index in [9.17, 15) is 14.4 Å². The van der Waals surface area contributed by atoms with Crippen LogP contribution in [0.4, 0.5) is 0 Å². The Morgan fingerprint density at radius 1 is 1.31 bits per heavy atom. The zero-order valence-electron chi connectivity index (χ0n) is 20.8. The summed E-state index contributed by atoms with van der Waals surface area (Å²) in [7, 11) is 1.26. The first-order valence-corrected chi connectivity index (χ1v) is 14.1. The van der Waals surface area contributed by atoms with Crippen LogP contribution in [-0.4, -0.2) is 83.0 Å². The monoisotopic (exact) mass is 542 g/mol. The number of esters is 1. The van der Waals surface area contributed by atoms with Crippen molar-refractivity contribution in [2.45, 2.75) is 62.1 Å². The van der Waals surface area contributed by atoms with E-state index in [-0.39, 0.29) is 12.5 Å². The van der Waals surface area contributed by atoms with Crippen LogP contribution >= 0.6 is 37.0 Å². The van der Waals surface area contributed by atoms with Crippen molar-refractivity contribution in [3.63, 3.8) is 0 Å². The summed E-state index contributed by atoms with van der Waals surface area (Å²) in [6.07, 6.45) is 2.61. The fraction of sp³-hybridized carbons (Fsp3) is 0.625. The van der Waals surface area contributed by atoms with Crippen LogP contribution in [0, 0.1) is 0 Å². The Labute approximate surface area is 223 Å². The predicted molar refractivity (Wildman–Crippen MR) is 148 cm³/mol. The van der Waals surface area contributed by atoms with Gasteiger partial charge in [-0.05, 0) is 49.8 Å². The molecule has 2 amide bonds. The minimum atomic E-state index is -1.05. The first-order chi connectivity index (χ1) is 16.5. The van der Waals surface area contributed by atoms with Crippen molar-refractivity contribution in [3.05, 3.63) is 35.4 Å². The van der Waals surface area contributed by atoms with Crippen LogP contribution in [0.25, 0.3) is 0 Å². The van der Waals surface area contributed by atoms with Gasteiger partial charge < -0.3 is 21.1 Å². The van der Waals surface area contributed by atoms with Crippen molar-refractivity contribution >= 4 is 54.8 Å². The molecule has 11 heteroatoms. The van der Waals surface area contributed by atoms with Crippen molar-refractivity contribution in [1.29, 1.82) is 0 Å². The molecule has 0 saturated heterocycles. The first kappa shape index (κ1) is 30.0. The lowest BCUT2D eigenvalue weighted by Gasteiger charge is -2.39. The number of carbonyl (C=O) groups excluding carboxylic acids is 3. The van der Waals surface area contributed by atoms with Gasteiger partial charge in [-0.1, -0.05) is 24.3 Å². The molecule has 8 nitrogen and oxygen atoms in total. The largest absolute Gasteiger partial charge is 0.467 e. The van der Waals surface area contributed by atoms with Crippen LogP contribution in [0.3, 0.4) is 0 Å². The third kappa shape index (κ3) is 8.13.